The maximum absolute atomic E-state index is 4.81. The van der Waals surface area contributed by atoms with Crippen molar-refractivity contribution >= 4 is 39.8 Å². The summed E-state index contributed by atoms with van der Waals surface area (Å²) in [5.74, 6) is 0.103. The van der Waals surface area contributed by atoms with Gasteiger partial charge >= 0.3 is 0 Å². The molecule has 0 amide bonds. The fraction of sp³-hybridized carbons (Fsp3) is 0.154. The van der Waals surface area contributed by atoms with Gasteiger partial charge in [0, 0.05) is 23.0 Å². The molecule has 53 heavy (non-hydrogen) atoms. The summed E-state index contributed by atoms with van der Waals surface area (Å²) in [6, 6.07) is 45.5. The van der Waals surface area contributed by atoms with Crippen molar-refractivity contribution in [1.82, 2.24) is 0 Å². The molecule has 1 N–H and O–H groups in total. The van der Waals surface area contributed by atoms with Crippen molar-refractivity contribution in [3.8, 4) is 22.3 Å². The van der Waals surface area contributed by atoms with E-state index >= 15 is 0 Å². The molecular weight excluding hydrogens is 639 g/mol. The summed E-state index contributed by atoms with van der Waals surface area (Å²) in [5, 5.41) is 9.30. The van der Waals surface area contributed by atoms with Gasteiger partial charge in [0.1, 0.15) is 0 Å². The minimum absolute atomic E-state index is 0.103. The van der Waals surface area contributed by atoms with Gasteiger partial charge in [-0.2, -0.15) is 0 Å². The number of anilines is 1. The smallest absolute Gasteiger partial charge is 0.0480 e. The topological polar surface area (TPSA) is 12.0 Å². The Hall–Kier alpha value is -5.92. The molecule has 6 aromatic rings. The van der Waals surface area contributed by atoms with Gasteiger partial charge in [0.05, 0.1) is 0 Å². The summed E-state index contributed by atoms with van der Waals surface area (Å²) in [4.78, 5) is 0. The number of hydrogen-bond donors (Lipinski definition) is 1. The molecule has 6 aromatic carbocycles. The number of aryl methyl sites for hydroxylation is 1. The second-order valence-corrected chi connectivity index (χ2v) is 15.1. The Morgan fingerprint density at radius 1 is 0.623 bits per heavy atom. The quantitative estimate of drug-likeness (QED) is 0.191. The van der Waals surface area contributed by atoms with Gasteiger partial charge in [0.25, 0.3) is 0 Å². The molecule has 0 saturated heterocycles. The van der Waals surface area contributed by atoms with Gasteiger partial charge in [-0.3, -0.25) is 0 Å². The summed E-state index contributed by atoms with van der Waals surface area (Å²) >= 11 is 0. The molecule has 0 saturated carbocycles. The second-order valence-electron chi connectivity index (χ2n) is 15.1. The molecule has 0 aromatic heterocycles. The van der Waals surface area contributed by atoms with Gasteiger partial charge < -0.3 is 5.32 Å². The molecule has 3 aliphatic carbocycles. The summed E-state index contributed by atoms with van der Waals surface area (Å²) in [7, 11) is 0. The molecule has 256 valence electrons. The lowest BCUT2D eigenvalue weighted by atomic mass is 9.74. The highest BCUT2D eigenvalue weighted by Crippen LogP contribution is 2.44. The Labute approximate surface area is 312 Å². The summed E-state index contributed by atoms with van der Waals surface area (Å²) in [6.07, 6.45) is 20.9. The van der Waals surface area contributed by atoms with Crippen LogP contribution >= 0.6 is 0 Å². The number of fused-ring (bicyclic) bond motifs is 6. The third kappa shape index (κ3) is 5.63. The van der Waals surface area contributed by atoms with Crippen molar-refractivity contribution in [2.24, 2.45) is 0 Å². The Morgan fingerprint density at radius 3 is 2.21 bits per heavy atom. The van der Waals surface area contributed by atoms with Crippen LogP contribution in [0.15, 0.2) is 158 Å². The molecule has 2 atom stereocenters. The number of allylic oxidation sites excluding steroid dienone is 5. The third-order valence-electron chi connectivity index (χ3n) is 12.0. The van der Waals surface area contributed by atoms with Crippen LogP contribution in [0.3, 0.4) is 0 Å². The third-order valence-corrected chi connectivity index (χ3v) is 12.0. The van der Waals surface area contributed by atoms with Gasteiger partial charge in [-0.25, -0.2) is 0 Å². The molecule has 0 radical (unpaired) electrons. The van der Waals surface area contributed by atoms with Crippen molar-refractivity contribution < 1.29 is 0 Å². The highest BCUT2D eigenvalue weighted by Gasteiger charge is 2.28. The van der Waals surface area contributed by atoms with E-state index in [-0.39, 0.29) is 5.92 Å². The van der Waals surface area contributed by atoms with E-state index in [4.69, 9.17) is 6.58 Å². The van der Waals surface area contributed by atoms with Crippen molar-refractivity contribution in [2.75, 3.05) is 5.32 Å². The first-order valence-corrected chi connectivity index (χ1v) is 19.4. The van der Waals surface area contributed by atoms with Crippen LogP contribution in [0.5, 0.6) is 0 Å². The highest BCUT2D eigenvalue weighted by molar-refractivity contribution is 5.99. The van der Waals surface area contributed by atoms with E-state index in [1.807, 2.05) is 0 Å². The predicted molar refractivity (Wildman–Crippen MR) is 226 cm³/mol. The van der Waals surface area contributed by atoms with Gasteiger partial charge in [-0.15, -0.1) is 0 Å². The monoisotopic (exact) mass is 681 g/mol. The van der Waals surface area contributed by atoms with Gasteiger partial charge in [-0.1, -0.05) is 146 Å². The zero-order chi connectivity index (χ0) is 35.3. The molecule has 1 heteroatoms. The average molecular weight is 682 g/mol. The van der Waals surface area contributed by atoms with Crippen LogP contribution in [-0.4, -0.2) is 6.04 Å². The first-order valence-electron chi connectivity index (χ1n) is 19.4. The van der Waals surface area contributed by atoms with E-state index in [1.165, 1.54) is 88.1 Å². The van der Waals surface area contributed by atoms with Crippen LogP contribution < -0.4 is 15.8 Å². The molecule has 0 bridgehead atoms. The fourth-order valence-corrected chi connectivity index (χ4v) is 9.25. The molecule has 2 unspecified atom stereocenters. The van der Waals surface area contributed by atoms with Crippen molar-refractivity contribution in [3.05, 3.63) is 196 Å². The zero-order valence-corrected chi connectivity index (χ0v) is 30.1. The SMILES string of the molecule is C=C1c2cc(-c3cccc(-c4ccc5ccc6c(c5c4)NC(C4=CC=CCC4)CC6)c3)c3c(c2C(c2ccccc2)=CC1c1ccccc1)=CCCC=3. The van der Waals surface area contributed by atoms with Crippen molar-refractivity contribution in [3.63, 3.8) is 0 Å². The Kier molecular flexibility index (Phi) is 7.94. The molecule has 1 heterocycles. The Morgan fingerprint density at radius 2 is 1.38 bits per heavy atom. The summed E-state index contributed by atoms with van der Waals surface area (Å²) in [6.45, 7) is 4.81. The number of benzene rings is 6. The summed E-state index contributed by atoms with van der Waals surface area (Å²) < 4.78 is 0. The van der Waals surface area contributed by atoms with Crippen LogP contribution in [0.2, 0.25) is 0 Å². The zero-order valence-electron chi connectivity index (χ0n) is 30.1. The van der Waals surface area contributed by atoms with E-state index < -0.39 is 0 Å². The van der Waals surface area contributed by atoms with Crippen LogP contribution in [0.4, 0.5) is 5.69 Å². The van der Waals surface area contributed by atoms with Crippen LogP contribution in [-0.2, 0) is 6.42 Å². The molecule has 4 aliphatic rings. The lowest BCUT2D eigenvalue weighted by Gasteiger charge is -2.31. The average Bonchev–Trinajstić information content (AvgIpc) is 3.24. The standard InChI is InChI=1S/C52H43N/c1-34-45(35-14-5-2-6-15-35)32-48(36-16-7-3-8-17-36)51-44-23-12-11-22-43(44)47(33-46(34)51)42-21-13-20-40(30-42)41-27-25-37-24-26-39-28-29-50(38-18-9-4-10-19-38)53-52(39)49(37)31-41/h2-9,13-18,20-27,30-33,45,50,53H,1,10-12,19,28-29H2. The van der Waals surface area contributed by atoms with E-state index in [0.29, 0.717) is 6.04 Å². The lowest BCUT2D eigenvalue weighted by molar-refractivity contribution is 0.673. The van der Waals surface area contributed by atoms with Gasteiger partial charge in [-0.05, 0) is 139 Å². The fourth-order valence-electron chi connectivity index (χ4n) is 9.25. The largest absolute Gasteiger partial charge is 0.378 e. The van der Waals surface area contributed by atoms with Crippen LogP contribution in [0.1, 0.15) is 65.8 Å². The van der Waals surface area contributed by atoms with E-state index in [2.05, 4.69) is 163 Å². The molecule has 0 spiro atoms. The maximum Gasteiger partial charge on any atom is 0.0480 e. The summed E-state index contributed by atoms with van der Waals surface area (Å²) in [5.41, 5.74) is 16.9. The predicted octanol–water partition coefficient (Wildman–Crippen LogP) is 11.8. The van der Waals surface area contributed by atoms with E-state index in [0.717, 1.165) is 44.1 Å². The van der Waals surface area contributed by atoms with Crippen LogP contribution in [0.25, 0.3) is 56.3 Å². The highest BCUT2D eigenvalue weighted by atomic mass is 14.9. The maximum atomic E-state index is 4.81. The molecule has 1 nitrogen and oxygen atoms in total. The number of nitrogens with one attached hydrogen (secondary N) is 1. The lowest BCUT2D eigenvalue weighted by Crippen LogP contribution is -2.34. The van der Waals surface area contributed by atoms with Crippen molar-refractivity contribution in [2.45, 2.75) is 50.5 Å². The first kappa shape index (κ1) is 31.8. The molecular formula is C52H43N. The van der Waals surface area contributed by atoms with Crippen molar-refractivity contribution in [1.29, 1.82) is 0 Å². The Bertz CT molecular complexity index is 2650. The normalized spacial score (nSPS) is 18.8. The molecule has 1 aliphatic heterocycles. The number of rotatable bonds is 5. The van der Waals surface area contributed by atoms with Gasteiger partial charge in [0.15, 0.2) is 0 Å². The minimum Gasteiger partial charge on any atom is -0.378 e. The van der Waals surface area contributed by atoms with E-state index in [1.54, 1.807) is 0 Å². The second kappa shape index (κ2) is 13.2. The number of hydrogen-bond acceptors (Lipinski definition) is 1. The minimum atomic E-state index is 0.103. The molecule has 10 rings (SSSR count). The molecule has 0 fully saturated rings. The van der Waals surface area contributed by atoms with E-state index in [9.17, 15) is 0 Å². The first-order chi connectivity index (χ1) is 26.2. The Balaban J connectivity index is 1.10. The van der Waals surface area contributed by atoms with Crippen LogP contribution in [0, 0.1) is 0 Å². The van der Waals surface area contributed by atoms with Gasteiger partial charge in [0.2, 0.25) is 0 Å².